The third kappa shape index (κ3) is 3.96. The lowest BCUT2D eigenvalue weighted by Crippen LogP contribution is -2.31. The fourth-order valence-electron chi connectivity index (χ4n) is 6.07. The van der Waals surface area contributed by atoms with Crippen molar-refractivity contribution >= 4 is 16.7 Å². The van der Waals surface area contributed by atoms with Crippen LogP contribution in [0.4, 0.5) is 5.82 Å². The van der Waals surface area contributed by atoms with E-state index in [1.165, 1.54) is 12.8 Å². The molecule has 0 radical (unpaired) electrons. The van der Waals surface area contributed by atoms with Gasteiger partial charge >= 0.3 is 0 Å². The molecule has 3 aromatic rings. The van der Waals surface area contributed by atoms with Gasteiger partial charge in [-0.05, 0) is 68.2 Å². The van der Waals surface area contributed by atoms with Gasteiger partial charge in [0.15, 0.2) is 5.82 Å². The van der Waals surface area contributed by atoms with E-state index in [0.717, 1.165) is 49.1 Å². The molecule has 8 nitrogen and oxygen atoms in total. The van der Waals surface area contributed by atoms with Gasteiger partial charge < -0.3 is 15.4 Å². The molecule has 1 aromatic carbocycles. The molecule has 0 bridgehead atoms. The number of aryl methyl sites for hydroxylation is 1. The molecule has 33 heavy (non-hydrogen) atoms. The Hall–Kier alpha value is -3.02. The molecule has 1 saturated carbocycles. The van der Waals surface area contributed by atoms with Gasteiger partial charge in [0, 0.05) is 49.5 Å². The van der Waals surface area contributed by atoms with Crippen molar-refractivity contribution in [1.29, 1.82) is 5.26 Å². The second-order valence-electron chi connectivity index (χ2n) is 9.90. The molecular weight excluding hydrogens is 414 g/mol. The third-order valence-electron chi connectivity index (χ3n) is 7.69. The number of aromatic nitrogens is 4. The normalized spacial score (nSPS) is 28.8. The molecule has 2 aliphatic heterocycles. The quantitative estimate of drug-likeness (QED) is 0.625. The second kappa shape index (κ2) is 8.40. The van der Waals surface area contributed by atoms with Crippen molar-refractivity contribution in [3.8, 4) is 17.3 Å². The summed E-state index contributed by atoms with van der Waals surface area (Å²) < 4.78 is 7.38. The lowest BCUT2D eigenvalue weighted by molar-refractivity contribution is 0.179. The predicted molar refractivity (Wildman–Crippen MR) is 125 cm³/mol. The van der Waals surface area contributed by atoms with Crippen LogP contribution in [-0.4, -0.2) is 51.8 Å². The lowest BCUT2D eigenvalue weighted by atomic mass is 9.88. The first-order valence-electron chi connectivity index (χ1n) is 12.0. The van der Waals surface area contributed by atoms with Crippen LogP contribution in [0.1, 0.15) is 31.2 Å². The first-order chi connectivity index (χ1) is 16.2. The maximum Gasteiger partial charge on any atom is 0.166 e. The van der Waals surface area contributed by atoms with Crippen LogP contribution in [-0.2, 0) is 11.8 Å². The molecule has 1 aliphatic carbocycles. The highest BCUT2D eigenvalue weighted by atomic mass is 16.5. The van der Waals surface area contributed by atoms with E-state index in [9.17, 15) is 5.26 Å². The van der Waals surface area contributed by atoms with Crippen LogP contribution >= 0.6 is 0 Å². The van der Waals surface area contributed by atoms with E-state index < -0.39 is 0 Å². The van der Waals surface area contributed by atoms with Crippen LogP contribution in [0, 0.1) is 29.1 Å². The van der Waals surface area contributed by atoms with Gasteiger partial charge in [-0.3, -0.25) is 4.68 Å². The van der Waals surface area contributed by atoms with E-state index in [-0.39, 0.29) is 0 Å². The summed E-state index contributed by atoms with van der Waals surface area (Å²) in [6, 6.07) is 11.1. The first-order valence-corrected chi connectivity index (χ1v) is 12.0. The molecule has 4 heterocycles. The van der Waals surface area contributed by atoms with Gasteiger partial charge in [0.05, 0.1) is 16.8 Å². The molecule has 0 spiro atoms. The van der Waals surface area contributed by atoms with Gasteiger partial charge in [0.2, 0.25) is 0 Å². The summed E-state index contributed by atoms with van der Waals surface area (Å²) in [7, 11) is 1.91. The van der Waals surface area contributed by atoms with E-state index in [0.29, 0.717) is 46.9 Å². The molecule has 2 N–H and O–H groups in total. The third-order valence-corrected chi connectivity index (χ3v) is 7.69. The molecule has 6 rings (SSSR count). The Balaban J connectivity index is 1.16. The highest BCUT2D eigenvalue weighted by Crippen LogP contribution is 2.41. The number of hydrogen-bond donors (Lipinski definition) is 2. The molecule has 5 atom stereocenters. The van der Waals surface area contributed by atoms with E-state index in [1.54, 1.807) is 4.68 Å². The first kappa shape index (κ1) is 20.6. The van der Waals surface area contributed by atoms with Crippen molar-refractivity contribution in [2.45, 2.75) is 37.8 Å². The van der Waals surface area contributed by atoms with Crippen molar-refractivity contribution < 1.29 is 4.74 Å². The van der Waals surface area contributed by atoms with Crippen LogP contribution in [0.25, 0.3) is 22.2 Å². The highest BCUT2D eigenvalue weighted by Gasteiger charge is 2.44. The molecular formula is C25H29N7O. The van der Waals surface area contributed by atoms with Gasteiger partial charge in [0.1, 0.15) is 6.07 Å². The van der Waals surface area contributed by atoms with Crippen LogP contribution in [0.15, 0.2) is 30.5 Å². The minimum atomic E-state index is 0.337. The zero-order valence-corrected chi connectivity index (χ0v) is 18.9. The van der Waals surface area contributed by atoms with Crippen molar-refractivity contribution in [1.82, 2.24) is 25.3 Å². The number of ether oxygens (including phenoxy) is 1. The maximum absolute atomic E-state index is 9.81. The number of rotatable bonds is 5. The molecule has 2 aromatic heterocycles. The summed E-state index contributed by atoms with van der Waals surface area (Å²) in [6.07, 6.45) is 6.61. The number of fused-ring (bicyclic) bond motifs is 2. The van der Waals surface area contributed by atoms with Crippen molar-refractivity contribution in [2.75, 3.05) is 25.1 Å². The average molecular weight is 444 g/mol. The number of hydrogen-bond acceptors (Lipinski definition) is 7. The molecule has 2 saturated heterocycles. The van der Waals surface area contributed by atoms with E-state index in [1.807, 2.05) is 37.5 Å². The molecule has 3 fully saturated rings. The van der Waals surface area contributed by atoms with Gasteiger partial charge in [-0.15, -0.1) is 10.2 Å². The van der Waals surface area contributed by atoms with Crippen molar-refractivity contribution in [2.24, 2.45) is 24.8 Å². The summed E-state index contributed by atoms with van der Waals surface area (Å²) in [5, 5.41) is 31.5. The fraction of sp³-hybridized carbons (Fsp3) is 0.520. The Morgan fingerprint density at radius 1 is 1.27 bits per heavy atom. The molecule has 0 unspecified atom stereocenters. The average Bonchev–Trinajstić information content (AvgIpc) is 3.59. The monoisotopic (exact) mass is 443 g/mol. The molecule has 8 heteroatoms. The van der Waals surface area contributed by atoms with Crippen molar-refractivity contribution in [3.05, 3.63) is 36.0 Å². The van der Waals surface area contributed by atoms with Crippen LogP contribution in [0.3, 0.4) is 0 Å². The zero-order chi connectivity index (χ0) is 22.4. The Morgan fingerprint density at radius 3 is 3.06 bits per heavy atom. The van der Waals surface area contributed by atoms with Crippen molar-refractivity contribution in [3.63, 3.8) is 0 Å². The smallest absolute Gasteiger partial charge is 0.166 e. The predicted octanol–water partition coefficient (Wildman–Crippen LogP) is 3.11. The van der Waals surface area contributed by atoms with E-state index in [4.69, 9.17) is 4.74 Å². The highest BCUT2D eigenvalue weighted by molar-refractivity contribution is 5.83. The topological polar surface area (TPSA) is 101 Å². The van der Waals surface area contributed by atoms with E-state index in [2.05, 4.69) is 32.0 Å². The molecule has 3 aliphatic rings. The van der Waals surface area contributed by atoms with Crippen LogP contribution < -0.4 is 10.6 Å². The second-order valence-corrected chi connectivity index (χ2v) is 9.90. The fourth-order valence-corrected chi connectivity index (χ4v) is 6.07. The Morgan fingerprint density at radius 2 is 2.21 bits per heavy atom. The summed E-state index contributed by atoms with van der Waals surface area (Å²) in [6.45, 7) is 2.92. The van der Waals surface area contributed by atoms with Crippen LogP contribution in [0.2, 0.25) is 0 Å². The largest absolute Gasteiger partial charge is 0.381 e. The summed E-state index contributed by atoms with van der Waals surface area (Å²) in [4.78, 5) is 0. The van der Waals surface area contributed by atoms with E-state index >= 15 is 0 Å². The number of nitriles is 1. The molecule has 0 amide bonds. The zero-order valence-electron chi connectivity index (χ0n) is 18.9. The minimum absolute atomic E-state index is 0.337. The minimum Gasteiger partial charge on any atom is -0.381 e. The summed E-state index contributed by atoms with van der Waals surface area (Å²) >= 11 is 0. The number of nitrogens with zero attached hydrogens (tertiary/aromatic N) is 5. The standard InChI is InChI=1S/C25H29N7O/c1-32-13-19-7-16(2-3-22(19)31-32)23-9-17(11-26)25(30-29-23)28-20-8-18-12-27-24(21(18)10-20)6-15-4-5-33-14-15/h2-3,7,9,13,15,18,20-21,24,27H,4-6,8,10,12,14H2,1H3,(H,28,30)/t15-,18+,20-,21-,24-/m0/s1. The Bertz CT molecular complexity index is 1210. The lowest BCUT2D eigenvalue weighted by Gasteiger charge is -2.22. The van der Waals surface area contributed by atoms with Gasteiger partial charge in [-0.2, -0.15) is 10.4 Å². The van der Waals surface area contributed by atoms with Gasteiger partial charge in [0.25, 0.3) is 0 Å². The number of anilines is 1. The number of benzene rings is 1. The van der Waals surface area contributed by atoms with Gasteiger partial charge in [-0.25, -0.2) is 0 Å². The molecule has 170 valence electrons. The Kier molecular flexibility index (Phi) is 5.24. The SMILES string of the molecule is Cn1cc2cc(-c3cc(C#N)c(N[C@H]4C[C@@H]5CN[C@@H](C[C@@H]6CCOC6)[C@H]5C4)nn3)ccc2n1. The maximum atomic E-state index is 9.81. The van der Waals surface area contributed by atoms with Crippen LogP contribution in [0.5, 0.6) is 0 Å². The summed E-state index contributed by atoms with van der Waals surface area (Å²) in [5.41, 5.74) is 3.12. The summed E-state index contributed by atoms with van der Waals surface area (Å²) in [5.74, 6) is 2.68. The number of nitrogens with one attached hydrogen (secondary N) is 2. The Labute approximate surface area is 193 Å². The van der Waals surface area contributed by atoms with Gasteiger partial charge in [-0.1, -0.05) is 6.07 Å².